The molecule has 40 heavy (non-hydrogen) atoms. The molecule has 0 bridgehead atoms. The molecule has 0 spiro atoms. The molecule has 1 fully saturated rings. The number of urea groups is 1. The van der Waals surface area contributed by atoms with Crippen molar-refractivity contribution in [1.82, 2.24) is 24.8 Å². The first kappa shape index (κ1) is 27.5. The lowest BCUT2D eigenvalue weighted by Crippen LogP contribution is -2.39. The van der Waals surface area contributed by atoms with E-state index in [1.807, 2.05) is 42.3 Å². The molecule has 4 atom stereocenters. The van der Waals surface area contributed by atoms with Gasteiger partial charge in [0.2, 0.25) is 0 Å². The summed E-state index contributed by atoms with van der Waals surface area (Å²) >= 11 is 0. The number of carbonyl (C=O) groups excluding carboxylic acids is 1. The Bertz CT molecular complexity index is 1460. The molecule has 0 radical (unpaired) electrons. The van der Waals surface area contributed by atoms with Crippen LogP contribution in [0, 0.1) is 6.92 Å². The van der Waals surface area contributed by atoms with Crippen molar-refractivity contribution in [3.63, 3.8) is 0 Å². The molecule has 210 valence electrons. The highest BCUT2D eigenvalue weighted by atomic mass is 16.6. The Morgan fingerprint density at radius 3 is 2.67 bits per heavy atom. The van der Waals surface area contributed by atoms with E-state index in [1.54, 1.807) is 16.8 Å². The number of anilines is 2. The number of rotatable bonds is 9. The van der Waals surface area contributed by atoms with E-state index in [4.69, 9.17) is 10.5 Å². The van der Waals surface area contributed by atoms with Crippen LogP contribution in [0.15, 0.2) is 67.1 Å². The Kier molecular flexibility index (Phi) is 8.27. The number of hydrogen-bond acceptors (Lipinski definition) is 8. The number of imidazole rings is 1. The Balaban J connectivity index is 1.05. The maximum Gasteiger partial charge on any atom is 0.319 e. The maximum atomic E-state index is 12.3. The largest absolute Gasteiger partial charge is 0.397 e. The number of ether oxygens (including phenoxy) is 1. The summed E-state index contributed by atoms with van der Waals surface area (Å²) in [6.07, 6.45) is 0.111. The van der Waals surface area contributed by atoms with E-state index in [9.17, 15) is 15.0 Å². The number of aliphatic hydroxyl groups is 2. The van der Waals surface area contributed by atoms with E-state index in [2.05, 4.69) is 45.7 Å². The maximum absolute atomic E-state index is 12.3. The minimum absolute atomic E-state index is 0.270. The molecule has 2 aromatic carbocycles. The van der Waals surface area contributed by atoms with Gasteiger partial charge in [0.05, 0.1) is 12.0 Å². The zero-order valence-electron chi connectivity index (χ0n) is 22.6. The van der Waals surface area contributed by atoms with Crippen LogP contribution in [0.5, 0.6) is 0 Å². The van der Waals surface area contributed by atoms with E-state index in [1.165, 1.54) is 11.9 Å². The van der Waals surface area contributed by atoms with Crippen molar-refractivity contribution < 1.29 is 19.7 Å². The average Bonchev–Trinajstić information content (AvgIpc) is 3.49. The van der Waals surface area contributed by atoms with Gasteiger partial charge < -0.3 is 36.2 Å². The second-order valence-electron chi connectivity index (χ2n) is 10.2. The Hall–Kier alpha value is -4.03. The fourth-order valence-electron chi connectivity index (χ4n) is 4.94. The Morgan fingerprint density at radius 1 is 1.10 bits per heavy atom. The van der Waals surface area contributed by atoms with Gasteiger partial charge in [-0.25, -0.2) is 14.8 Å². The first-order valence-corrected chi connectivity index (χ1v) is 13.3. The molecule has 5 rings (SSSR count). The molecule has 6 N–H and O–H groups in total. The van der Waals surface area contributed by atoms with E-state index in [-0.39, 0.29) is 6.03 Å². The summed E-state index contributed by atoms with van der Waals surface area (Å²) in [4.78, 5) is 22.9. The molecule has 4 aromatic rings. The highest BCUT2D eigenvalue weighted by molar-refractivity contribution is 5.89. The van der Waals surface area contributed by atoms with Crippen LogP contribution in [0.4, 0.5) is 16.2 Å². The molecule has 11 heteroatoms. The van der Waals surface area contributed by atoms with Crippen LogP contribution in [0.1, 0.15) is 18.2 Å². The molecule has 1 aliphatic heterocycles. The van der Waals surface area contributed by atoms with Gasteiger partial charge >= 0.3 is 6.03 Å². The monoisotopic (exact) mass is 545 g/mol. The number of carbonyl (C=O) groups is 1. The normalized spacial score (nSPS) is 20.7. The highest BCUT2D eigenvalue weighted by Gasteiger charge is 2.44. The number of pyridine rings is 1. The molecule has 2 amide bonds. The fourth-order valence-corrected chi connectivity index (χ4v) is 4.94. The highest BCUT2D eigenvalue weighted by Crippen LogP contribution is 2.32. The molecular weight excluding hydrogens is 510 g/mol. The van der Waals surface area contributed by atoms with Crippen molar-refractivity contribution in [2.45, 2.75) is 37.9 Å². The van der Waals surface area contributed by atoms with Gasteiger partial charge in [0.1, 0.15) is 23.8 Å². The number of nitrogens with zero attached hydrogens (tertiary/aromatic N) is 4. The quantitative estimate of drug-likeness (QED) is 0.202. The van der Waals surface area contributed by atoms with Gasteiger partial charge in [-0.3, -0.25) is 4.57 Å². The topological polar surface area (TPSA) is 151 Å². The van der Waals surface area contributed by atoms with Gasteiger partial charge in [0, 0.05) is 25.0 Å². The smallest absolute Gasteiger partial charge is 0.319 e. The minimum Gasteiger partial charge on any atom is -0.397 e. The lowest BCUT2D eigenvalue weighted by atomic mass is 10.0. The van der Waals surface area contributed by atoms with Gasteiger partial charge in [0.25, 0.3) is 0 Å². The number of nitrogens with two attached hydrogens (primary N) is 1. The molecule has 2 aromatic heterocycles. The Labute approximate surface area is 232 Å². The number of nitrogen functional groups attached to an aromatic ring is 1. The van der Waals surface area contributed by atoms with Gasteiger partial charge in [-0.2, -0.15) is 0 Å². The van der Waals surface area contributed by atoms with Gasteiger partial charge in [0.15, 0.2) is 11.9 Å². The second kappa shape index (κ2) is 12.0. The molecule has 0 saturated carbocycles. The molecule has 11 nitrogen and oxygen atoms in total. The van der Waals surface area contributed by atoms with Crippen LogP contribution in [0.2, 0.25) is 0 Å². The number of hydrogen-bond donors (Lipinski definition) is 5. The van der Waals surface area contributed by atoms with Crippen molar-refractivity contribution >= 4 is 28.6 Å². The average molecular weight is 546 g/mol. The number of fused-ring (bicyclic) bond motifs is 1. The summed E-state index contributed by atoms with van der Waals surface area (Å²) in [5.74, 6) is 0. The number of nitrogens with one attached hydrogen (secondary N) is 2. The van der Waals surface area contributed by atoms with Crippen LogP contribution in [0.25, 0.3) is 22.3 Å². The van der Waals surface area contributed by atoms with Crippen molar-refractivity contribution in [3.05, 3.63) is 72.7 Å². The van der Waals surface area contributed by atoms with Crippen LogP contribution < -0.4 is 16.4 Å². The number of amides is 2. The summed E-state index contributed by atoms with van der Waals surface area (Å²) in [5, 5.41) is 27.0. The Morgan fingerprint density at radius 2 is 1.90 bits per heavy atom. The second-order valence-corrected chi connectivity index (χ2v) is 10.2. The third-order valence-corrected chi connectivity index (χ3v) is 7.09. The zero-order chi connectivity index (χ0) is 28.2. The SMILES string of the molecule is Cc1cccc(-c2ccc(NC(=O)NCCCN(C)C[C@H]3O[C@@H](n4cnc5c(N)ccnc54)[C@H](O)[C@@H]3O)cc2)c1. The predicted octanol–water partition coefficient (Wildman–Crippen LogP) is 2.75. The third-order valence-electron chi connectivity index (χ3n) is 7.09. The molecule has 0 aliphatic carbocycles. The zero-order valence-corrected chi connectivity index (χ0v) is 22.6. The fraction of sp³-hybridized carbons (Fsp3) is 0.345. The van der Waals surface area contributed by atoms with Crippen LogP contribution >= 0.6 is 0 Å². The lowest BCUT2D eigenvalue weighted by Gasteiger charge is -2.22. The molecule has 0 unspecified atom stereocenters. The summed E-state index contributed by atoms with van der Waals surface area (Å²) in [5.41, 5.74) is 11.6. The van der Waals surface area contributed by atoms with E-state index < -0.39 is 24.5 Å². The van der Waals surface area contributed by atoms with E-state index in [0.29, 0.717) is 42.9 Å². The van der Waals surface area contributed by atoms with Gasteiger partial charge in [-0.15, -0.1) is 0 Å². The summed E-state index contributed by atoms with van der Waals surface area (Å²) in [7, 11) is 1.90. The number of aromatic nitrogens is 3. The van der Waals surface area contributed by atoms with Crippen LogP contribution in [0.3, 0.4) is 0 Å². The summed E-state index contributed by atoms with van der Waals surface area (Å²) in [6.45, 7) is 3.60. The standard InChI is InChI=1S/C29H35N7O4/c1-18-5-3-6-20(15-18)19-7-9-21(10-8-19)34-29(39)32-12-4-14-35(2)16-23-25(37)26(38)28(40-23)36-17-33-24-22(30)11-13-31-27(24)36/h3,5-11,13,15,17,23,25-26,28,37-38H,4,12,14,16H2,1-2H3,(H2,30,31)(H2,32,34,39)/t23-,25-,26-,28-/m1/s1. The number of aryl methyl sites for hydroxylation is 1. The minimum atomic E-state index is -1.14. The van der Waals surface area contributed by atoms with Crippen molar-refractivity contribution in [3.8, 4) is 11.1 Å². The summed E-state index contributed by atoms with van der Waals surface area (Å²) < 4.78 is 7.62. The van der Waals surface area contributed by atoms with Crippen molar-refractivity contribution in [2.24, 2.45) is 0 Å². The molecule has 3 heterocycles. The van der Waals surface area contributed by atoms with Gasteiger partial charge in [-0.1, -0.05) is 42.0 Å². The van der Waals surface area contributed by atoms with Crippen molar-refractivity contribution in [1.29, 1.82) is 0 Å². The predicted molar refractivity (Wildman–Crippen MR) is 154 cm³/mol. The molecule has 1 aliphatic rings. The number of benzene rings is 2. The van der Waals surface area contributed by atoms with Gasteiger partial charge in [-0.05, 0) is 56.3 Å². The van der Waals surface area contributed by atoms with Crippen LogP contribution in [-0.4, -0.2) is 80.7 Å². The van der Waals surface area contributed by atoms with E-state index in [0.717, 1.165) is 16.8 Å². The van der Waals surface area contributed by atoms with Crippen molar-refractivity contribution in [2.75, 3.05) is 37.7 Å². The molecular formula is C29H35N7O4. The number of aliphatic hydroxyl groups excluding tert-OH is 2. The first-order chi connectivity index (χ1) is 19.3. The molecule has 1 saturated heterocycles. The van der Waals surface area contributed by atoms with E-state index >= 15 is 0 Å². The van der Waals surface area contributed by atoms with Crippen LogP contribution in [-0.2, 0) is 4.74 Å². The first-order valence-electron chi connectivity index (χ1n) is 13.3. The third kappa shape index (κ3) is 6.07. The lowest BCUT2D eigenvalue weighted by molar-refractivity contribution is -0.0421. The number of likely N-dealkylation sites (N-methyl/N-ethyl adjacent to an activating group) is 1. The summed E-state index contributed by atoms with van der Waals surface area (Å²) in [6, 6.07) is 17.4.